The highest BCUT2D eigenvalue weighted by Gasteiger charge is 2.25. The number of fused-ring (bicyclic) bond motifs is 1. The number of carbonyl (C=O) groups is 1. The smallest absolute Gasteiger partial charge is 0.246 e. The van der Waals surface area contributed by atoms with Crippen molar-refractivity contribution < 1.29 is 9.90 Å². The van der Waals surface area contributed by atoms with E-state index >= 15 is 0 Å². The van der Waals surface area contributed by atoms with E-state index in [1.807, 2.05) is 16.0 Å². The van der Waals surface area contributed by atoms with Gasteiger partial charge in [-0.2, -0.15) is 0 Å². The second-order valence-corrected chi connectivity index (χ2v) is 6.28. The fraction of sp³-hybridized carbons (Fsp3) is 0.385. The largest absolute Gasteiger partial charge is 0.394 e. The predicted octanol–water partition coefficient (Wildman–Crippen LogP) is 2.29. The van der Waals surface area contributed by atoms with E-state index in [9.17, 15) is 9.90 Å². The number of aliphatic hydroxyl groups is 1. The van der Waals surface area contributed by atoms with Gasteiger partial charge in [-0.3, -0.25) is 9.20 Å². The molecule has 0 saturated carbocycles. The molecule has 2 heterocycles. The molecule has 2 rings (SSSR count). The highest BCUT2D eigenvalue weighted by atomic mass is 35.5. The minimum absolute atomic E-state index is 0.106. The van der Waals surface area contributed by atoms with Crippen LogP contribution in [0, 0.1) is 0 Å². The van der Waals surface area contributed by atoms with Crippen molar-refractivity contribution in [1.82, 2.24) is 14.3 Å². The molecule has 0 aliphatic heterocycles. The Morgan fingerprint density at radius 1 is 1.65 bits per heavy atom. The van der Waals surface area contributed by atoms with E-state index in [2.05, 4.69) is 4.98 Å². The number of carbonyl (C=O) groups excluding carboxylic acids is 1. The van der Waals surface area contributed by atoms with Crippen LogP contribution in [0.4, 0.5) is 0 Å². The van der Waals surface area contributed by atoms with Gasteiger partial charge in [-0.15, -0.1) is 11.3 Å². The lowest BCUT2D eigenvalue weighted by Crippen LogP contribution is -2.47. The summed E-state index contributed by atoms with van der Waals surface area (Å²) in [5, 5.41) is 11.5. The maximum atomic E-state index is 12.1. The number of hydrogen-bond donors (Lipinski definition) is 1. The molecule has 20 heavy (non-hydrogen) atoms. The zero-order chi connectivity index (χ0) is 14.9. The third-order valence-electron chi connectivity index (χ3n) is 3.26. The summed E-state index contributed by atoms with van der Waals surface area (Å²) >= 11 is 7.52. The molecule has 1 amide bonds. The van der Waals surface area contributed by atoms with E-state index in [1.54, 1.807) is 27.0 Å². The number of likely N-dealkylation sites (N-methyl/N-ethyl adjacent to an activating group) is 1. The molecule has 0 bridgehead atoms. The molecule has 2 aromatic rings. The molecule has 0 saturated heterocycles. The maximum Gasteiger partial charge on any atom is 0.246 e. The summed E-state index contributed by atoms with van der Waals surface area (Å²) in [7, 11) is 1.65. The van der Waals surface area contributed by atoms with Gasteiger partial charge in [-0.1, -0.05) is 11.6 Å². The lowest BCUT2D eigenvalue weighted by molar-refractivity contribution is -0.130. The average Bonchev–Trinajstić information content (AvgIpc) is 2.96. The Labute approximate surface area is 126 Å². The van der Waals surface area contributed by atoms with Crippen LogP contribution in [0.1, 0.15) is 19.5 Å². The number of aliphatic hydroxyl groups excluding tert-OH is 1. The highest BCUT2D eigenvalue weighted by Crippen LogP contribution is 2.22. The Hall–Kier alpha value is -1.37. The van der Waals surface area contributed by atoms with Gasteiger partial charge in [-0.25, -0.2) is 4.98 Å². The highest BCUT2D eigenvalue weighted by molar-refractivity contribution is 7.15. The van der Waals surface area contributed by atoms with Gasteiger partial charge in [0.25, 0.3) is 0 Å². The number of halogens is 1. The molecule has 0 radical (unpaired) electrons. The van der Waals surface area contributed by atoms with Gasteiger partial charge in [0.05, 0.1) is 17.8 Å². The fourth-order valence-corrected chi connectivity index (χ4v) is 2.60. The molecule has 2 aromatic heterocycles. The number of rotatable bonds is 4. The topological polar surface area (TPSA) is 57.8 Å². The number of imidazole rings is 1. The van der Waals surface area contributed by atoms with E-state index in [0.29, 0.717) is 10.8 Å². The Morgan fingerprint density at radius 2 is 2.35 bits per heavy atom. The zero-order valence-electron chi connectivity index (χ0n) is 11.5. The molecule has 0 aliphatic carbocycles. The van der Waals surface area contributed by atoms with Crippen LogP contribution in [0.3, 0.4) is 0 Å². The monoisotopic (exact) mass is 313 g/mol. The number of hydrogen-bond acceptors (Lipinski definition) is 4. The normalized spacial score (nSPS) is 12.4. The molecule has 0 fully saturated rings. The first kappa shape index (κ1) is 15.0. The lowest BCUT2D eigenvalue weighted by Gasteiger charge is -2.33. The maximum absolute atomic E-state index is 12.1. The molecule has 0 atom stereocenters. The Balaban J connectivity index is 2.23. The van der Waals surface area contributed by atoms with Crippen molar-refractivity contribution in [3.05, 3.63) is 28.5 Å². The average molecular weight is 314 g/mol. The number of amides is 1. The van der Waals surface area contributed by atoms with Crippen LogP contribution in [-0.4, -0.2) is 44.5 Å². The molecule has 0 aliphatic rings. The minimum Gasteiger partial charge on any atom is -0.394 e. The SMILES string of the molecule is CN(C(=O)/C=C/c1c(Cl)nc2sccn12)C(C)(C)CO. The minimum atomic E-state index is -0.611. The van der Waals surface area contributed by atoms with E-state index in [1.165, 1.54) is 22.3 Å². The van der Waals surface area contributed by atoms with Crippen molar-refractivity contribution in [2.24, 2.45) is 0 Å². The van der Waals surface area contributed by atoms with Gasteiger partial charge in [0, 0.05) is 24.7 Å². The summed E-state index contributed by atoms with van der Waals surface area (Å²) in [6.45, 7) is 3.48. The third-order valence-corrected chi connectivity index (χ3v) is 4.30. The number of nitrogens with zero attached hydrogens (tertiary/aromatic N) is 3. The van der Waals surface area contributed by atoms with E-state index in [0.717, 1.165) is 4.96 Å². The van der Waals surface area contributed by atoms with E-state index in [-0.39, 0.29) is 12.5 Å². The summed E-state index contributed by atoms with van der Waals surface area (Å²) in [6, 6.07) is 0. The van der Waals surface area contributed by atoms with Crippen molar-refractivity contribution in [3.63, 3.8) is 0 Å². The molecule has 5 nitrogen and oxygen atoms in total. The van der Waals surface area contributed by atoms with Crippen LogP contribution >= 0.6 is 22.9 Å². The lowest BCUT2D eigenvalue weighted by atomic mass is 10.1. The van der Waals surface area contributed by atoms with Gasteiger partial charge in [0.1, 0.15) is 0 Å². The molecule has 1 N–H and O–H groups in total. The van der Waals surface area contributed by atoms with Crippen molar-refractivity contribution in [2.45, 2.75) is 19.4 Å². The van der Waals surface area contributed by atoms with Crippen molar-refractivity contribution in [3.8, 4) is 0 Å². The molecule has 0 spiro atoms. The molecule has 0 aromatic carbocycles. The molecule has 7 heteroatoms. The Morgan fingerprint density at radius 3 is 3.00 bits per heavy atom. The van der Waals surface area contributed by atoms with Crippen LogP contribution in [0.25, 0.3) is 11.0 Å². The van der Waals surface area contributed by atoms with Crippen molar-refractivity contribution in [1.29, 1.82) is 0 Å². The first-order valence-electron chi connectivity index (χ1n) is 6.04. The van der Waals surface area contributed by atoms with Gasteiger partial charge in [-0.05, 0) is 19.9 Å². The summed E-state index contributed by atoms with van der Waals surface area (Å²) in [6.07, 6.45) is 4.93. The Kier molecular flexibility index (Phi) is 4.17. The van der Waals surface area contributed by atoms with Crippen LogP contribution in [0.5, 0.6) is 0 Å². The fourth-order valence-electron chi connectivity index (χ4n) is 1.59. The molecule has 0 unspecified atom stereocenters. The Bertz CT molecular complexity index is 660. The molecular formula is C13H16ClN3O2S. The van der Waals surface area contributed by atoms with Gasteiger partial charge in [0.15, 0.2) is 10.1 Å². The van der Waals surface area contributed by atoms with E-state index in [4.69, 9.17) is 11.6 Å². The quantitative estimate of drug-likeness (QED) is 0.881. The van der Waals surface area contributed by atoms with Gasteiger partial charge < -0.3 is 10.0 Å². The van der Waals surface area contributed by atoms with E-state index < -0.39 is 5.54 Å². The van der Waals surface area contributed by atoms with Crippen molar-refractivity contribution in [2.75, 3.05) is 13.7 Å². The summed E-state index contributed by atoms with van der Waals surface area (Å²) in [5.41, 5.74) is 0.0619. The van der Waals surface area contributed by atoms with Crippen LogP contribution in [-0.2, 0) is 4.79 Å². The molecule has 108 valence electrons. The number of thiazole rings is 1. The summed E-state index contributed by atoms with van der Waals surface area (Å²) in [5.74, 6) is -0.203. The first-order valence-corrected chi connectivity index (χ1v) is 7.30. The second-order valence-electron chi connectivity index (χ2n) is 5.04. The van der Waals surface area contributed by atoms with Gasteiger partial charge >= 0.3 is 0 Å². The number of aromatic nitrogens is 2. The van der Waals surface area contributed by atoms with Crippen LogP contribution in [0.2, 0.25) is 5.15 Å². The first-order chi connectivity index (χ1) is 9.36. The van der Waals surface area contributed by atoms with Crippen LogP contribution < -0.4 is 0 Å². The summed E-state index contributed by atoms with van der Waals surface area (Å²) in [4.78, 5) is 18.6. The standard InChI is InChI=1S/C13H16ClN3O2S/c1-13(2,8-18)16(3)10(19)5-4-9-11(14)15-12-17(9)6-7-20-12/h4-7,18H,8H2,1-3H3/b5-4+. The predicted molar refractivity (Wildman–Crippen MR) is 81.0 cm³/mol. The van der Waals surface area contributed by atoms with Gasteiger partial charge in [0.2, 0.25) is 5.91 Å². The summed E-state index contributed by atoms with van der Waals surface area (Å²) < 4.78 is 1.83. The van der Waals surface area contributed by atoms with Crippen molar-refractivity contribution >= 4 is 39.9 Å². The zero-order valence-corrected chi connectivity index (χ0v) is 13.1. The third kappa shape index (κ3) is 2.72. The molecular weight excluding hydrogens is 298 g/mol. The second kappa shape index (κ2) is 5.55. The van der Waals surface area contributed by atoms with Crippen LogP contribution in [0.15, 0.2) is 17.7 Å².